The predicted octanol–water partition coefficient (Wildman–Crippen LogP) is 4.30. The third-order valence-electron chi connectivity index (χ3n) is 4.50. The van der Waals surface area contributed by atoms with Crippen LogP contribution in [-0.2, 0) is 0 Å². The van der Waals surface area contributed by atoms with Crippen molar-refractivity contribution in [3.8, 4) is 10.6 Å². The molecule has 1 amide bonds. The van der Waals surface area contributed by atoms with Gasteiger partial charge in [-0.15, -0.1) is 11.3 Å². The topological polar surface area (TPSA) is 61.0 Å². The number of nitrogens with one attached hydrogen (secondary N) is 2. The van der Waals surface area contributed by atoms with Gasteiger partial charge >= 0.3 is 0 Å². The maximum Gasteiger partial charge on any atom is 0.276 e. The normalized spacial score (nSPS) is 14.0. The molecule has 2 N–H and O–H groups in total. The molecule has 5 nitrogen and oxygen atoms in total. The number of carbonyl (C=O) groups is 1. The van der Waals surface area contributed by atoms with E-state index in [0.29, 0.717) is 5.69 Å². The van der Waals surface area contributed by atoms with Gasteiger partial charge in [0, 0.05) is 24.5 Å². The molecule has 0 aliphatic carbocycles. The molecule has 6 heteroatoms. The maximum absolute atomic E-state index is 12.4. The van der Waals surface area contributed by atoms with Crippen molar-refractivity contribution in [3.05, 3.63) is 53.0 Å². The lowest BCUT2D eigenvalue weighted by atomic mass is 10.1. The number of aryl methyl sites for hydroxylation is 1. The van der Waals surface area contributed by atoms with Crippen LogP contribution in [0.15, 0.2) is 41.8 Å². The summed E-state index contributed by atoms with van der Waals surface area (Å²) < 4.78 is 0. The second-order valence-corrected chi connectivity index (χ2v) is 7.24. The number of hydrogen-bond donors (Lipinski definition) is 2. The fraction of sp³-hybridized carbons (Fsp3) is 0.263. The smallest absolute Gasteiger partial charge is 0.276 e. The van der Waals surface area contributed by atoms with Crippen molar-refractivity contribution in [2.24, 2.45) is 0 Å². The molecule has 0 saturated carbocycles. The number of amides is 1. The second kappa shape index (κ2) is 6.72. The fourth-order valence-electron chi connectivity index (χ4n) is 3.24. The van der Waals surface area contributed by atoms with E-state index in [2.05, 4.69) is 33.4 Å². The highest BCUT2D eigenvalue weighted by atomic mass is 32.1. The van der Waals surface area contributed by atoms with Crippen molar-refractivity contribution >= 4 is 28.6 Å². The number of rotatable bonds is 4. The molecule has 1 fully saturated rings. The Bertz CT molecular complexity index is 879. The lowest BCUT2D eigenvalue weighted by Gasteiger charge is -2.20. The van der Waals surface area contributed by atoms with Gasteiger partial charge in [0.2, 0.25) is 0 Å². The first-order valence-corrected chi connectivity index (χ1v) is 9.35. The van der Waals surface area contributed by atoms with Crippen molar-refractivity contribution in [2.75, 3.05) is 23.3 Å². The van der Waals surface area contributed by atoms with Gasteiger partial charge < -0.3 is 10.2 Å². The number of benzene rings is 1. The van der Waals surface area contributed by atoms with Gasteiger partial charge in [0.1, 0.15) is 0 Å². The molecule has 0 radical (unpaired) electrons. The van der Waals surface area contributed by atoms with Gasteiger partial charge in [-0.05, 0) is 61.0 Å². The molecule has 4 rings (SSSR count). The highest BCUT2D eigenvalue weighted by molar-refractivity contribution is 7.13. The summed E-state index contributed by atoms with van der Waals surface area (Å²) in [5, 5.41) is 12.0. The molecule has 1 aromatic carbocycles. The van der Waals surface area contributed by atoms with Crippen LogP contribution in [0.2, 0.25) is 0 Å². The quantitative estimate of drug-likeness (QED) is 0.736. The van der Waals surface area contributed by atoms with E-state index in [4.69, 9.17) is 0 Å². The van der Waals surface area contributed by atoms with Gasteiger partial charge in [0.15, 0.2) is 5.69 Å². The first-order chi connectivity index (χ1) is 12.2. The molecule has 128 valence electrons. The summed E-state index contributed by atoms with van der Waals surface area (Å²) in [5.41, 5.74) is 4.49. The summed E-state index contributed by atoms with van der Waals surface area (Å²) in [4.78, 5) is 15.9. The Hall–Kier alpha value is -2.60. The largest absolute Gasteiger partial charge is 0.371 e. The zero-order chi connectivity index (χ0) is 17.2. The van der Waals surface area contributed by atoms with Crippen LogP contribution in [0.3, 0.4) is 0 Å². The van der Waals surface area contributed by atoms with Crippen LogP contribution >= 0.6 is 11.3 Å². The van der Waals surface area contributed by atoms with Crippen LogP contribution in [0.4, 0.5) is 11.4 Å². The highest BCUT2D eigenvalue weighted by Gasteiger charge is 2.16. The Morgan fingerprint density at radius 1 is 1.24 bits per heavy atom. The van der Waals surface area contributed by atoms with Gasteiger partial charge in [0.25, 0.3) is 5.91 Å². The molecular weight excluding hydrogens is 332 g/mol. The van der Waals surface area contributed by atoms with Crippen LogP contribution in [0, 0.1) is 6.92 Å². The fourth-order valence-corrected chi connectivity index (χ4v) is 3.93. The van der Waals surface area contributed by atoms with Crippen molar-refractivity contribution in [1.82, 2.24) is 10.2 Å². The zero-order valence-electron chi connectivity index (χ0n) is 14.1. The SMILES string of the molecule is Cc1cc(NC(=O)c2cc(-c3cccs3)[nH]n2)ccc1N1CCCC1. The number of anilines is 2. The van der Waals surface area contributed by atoms with E-state index in [9.17, 15) is 4.79 Å². The third kappa shape index (κ3) is 3.30. The highest BCUT2D eigenvalue weighted by Crippen LogP contribution is 2.27. The average Bonchev–Trinajstić information content (AvgIpc) is 3.35. The number of hydrogen-bond acceptors (Lipinski definition) is 4. The van der Waals surface area contributed by atoms with Gasteiger partial charge in [-0.2, -0.15) is 5.10 Å². The Morgan fingerprint density at radius 2 is 2.08 bits per heavy atom. The van der Waals surface area contributed by atoms with Gasteiger partial charge in [-0.25, -0.2) is 0 Å². The Kier molecular flexibility index (Phi) is 4.28. The average molecular weight is 352 g/mol. The minimum absolute atomic E-state index is 0.202. The minimum atomic E-state index is -0.202. The van der Waals surface area contributed by atoms with Gasteiger partial charge in [-0.3, -0.25) is 9.89 Å². The van der Waals surface area contributed by atoms with E-state index in [-0.39, 0.29) is 5.91 Å². The molecule has 1 saturated heterocycles. The van der Waals surface area contributed by atoms with Crippen molar-refractivity contribution < 1.29 is 4.79 Å². The number of aromatic nitrogens is 2. The molecule has 0 unspecified atom stereocenters. The second-order valence-electron chi connectivity index (χ2n) is 6.29. The van der Waals surface area contributed by atoms with Crippen LogP contribution in [0.25, 0.3) is 10.6 Å². The summed E-state index contributed by atoms with van der Waals surface area (Å²) in [7, 11) is 0. The van der Waals surface area contributed by atoms with E-state index in [0.717, 1.165) is 29.3 Å². The number of H-pyrrole nitrogens is 1. The first-order valence-electron chi connectivity index (χ1n) is 8.47. The summed E-state index contributed by atoms with van der Waals surface area (Å²) in [6.45, 7) is 4.32. The Balaban J connectivity index is 1.48. The predicted molar refractivity (Wildman–Crippen MR) is 102 cm³/mol. The van der Waals surface area contributed by atoms with Crippen molar-refractivity contribution in [2.45, 2.75) is 19.8 Å². The molecule has 0 bridgehead atoms. The lowest BCUT2D eigenvalue weighted by Crippen LogP contribution is -2.19. The summed E-state index contributed by atoms with van der Waals surface area (Å²) >= 11 is 1.61. The number of aromatic amines is 1. The van der Waals surface area contributed by atoms with E-state index in [1.165, 1.54) is 24.1 Å². The van der Waals surface area contributed by atoms with Crippen LogP contribution in [0.1, 0.15) is 28.9 Å². The minimum Gasteiger partial charge on any atom is -0.371 e. The molecule has 2 aromatic heterocycles. The number of nitrogens with zero attached hydrogens (tertiary/aromatic N) is 2. The van der Waals surface area contributed by atoms with Crippen LogP contribution < -0.4 is 10.2 Å². The molecule has 3 heterocycles. The zero-order valence-corrected chi connectivity index (χ0v) is 14.9. The molecule has 1 aliphatic rings. The lowest BCUT2D eigenvalue weighted by molar-refractivity contribution is 0.102. The van der Waals surface area contributed by atoms with Gasteiger partial charge in [-0.1, -0.05) is 6.07 Å². The molecule has 1 aliphatic heterocycles. The summed E-state index contributed by atoms with van der Waals surface area (Å²) in [6, 6.07) is 11.8. The molecule has 3 aromatic rings. The van der Waals surface area contributed by atoms with Crippen molar-refractivity contribution in [1.29, 1.82) is 0 Å². The van der Waals surface area contributed by atoms with Gasteiger partial charge in [0.05, 0.1) is 10.6 Å². The standard InChI is InChI=1S/C19H20N4OS/c1-13-11-14(6-7-17(13)23-8-2-3-9-23)20-19(24)16-12-15(21-22-16)18-5-4-10-25-18/h4-7,10-12H,2-3,8-9H2,1H3,(H,20,24)(H,21,22). The Morgan fingerprint density at radius 3 is 2.80 bits per heavy atom. The van der Waals surface area contributed by atoms with E-state index < -0.39 is 0 Å². The Labute approximate surface area is 150 Å². The molecule has 0 atom stereocenters. The summed E-state index contributed by atoms with van der Waals surface area (Å²) in [5.74, 6) is -0.202. The number of carbonyl (C=O) groups excluding carboxylic acids is 1. The maximum atomic E-state index is 12.4. The van der Waals surface area contributed by atoms with E-state index >= 15 is 0 Å². The van der Waals surface area contributed by atoms with Crippen molar-refractivity contribution in [3.63, 3.8) is 0 Å². The molecule has 25 heavy (non-hydrogen) atoms. The van der Waals surface area contributed by atoms with E-state index in [1.807, 2.05) is 29.6 Å². The first kappa shape index (κ1) is 15.9. The number of thiophene rings is 1. The van der Waals surface area contributed by atoms with Crippen LogP contribution in [-0.4, -0.2) is 29.2 Å². The van der Waals surface area contributed by atoms with Crippen LogP contribution in [0.5, 0.6) is 0 Å². The monoisotopic (exact) mass is 352 g/mol. The summed E-state index contributed by atoms with van der Waals surface area (Å²) in [6.07, 6.45) is 2.51. The van der Waals surface area contributed by atoms with E-state index in [1.54, 1.807) is 17.4 Å². The molecule has 0 spiro atoms. The molecular formula is C19H20N4OS. The third-order valence-corrected chi connectivity index (χ3v) is 5.40.